The van der Waals surface area contributed by atoms with Crippen LogP contribution in [-0.2, 0) is 20.2 Å². The van der Waals surface area contributed by atoms with Crippen molar-refractivity contribution in [3.63, 3.8) is 0 Å². The van der Waals surface area contributed by atoms with E-state index >= 15 is 0 Å². The minimum Gasteiger partial charge on any atom is -0.444 e. The number of hydrogen-bond acceptors (Lipinski definition) is 4. The number of hydrogen-bond donors (Lipinski definition) is 0. The second-order valence-corrected chi connectivity index (χ2v) is 11.2. The van der Waals surface area contributed by atoms with Crippen molar-refractivity contribution in [1.29, 1.82) is 0 Å². The standard InChI is InChI=1S/C24H32BF3N2O4/c1-21(2,3)32-20(31)29-10-9-17(14-29)30-11-8-15-12-16(24(26,27)28)13-18(19(15)30)25-33-22(4,5)23(6,7)34-25/h8,11-13,17H,9-10,14H2,1-7H3. The average Bonchev–Trinajstić information content (AvgIpc) is 3.35. The van der Waals surface area contributed by atoms with Crippen LogP contribution < -0.4 is 5.46 Å². The van der Waals surface area contributed by atoms with Gasteiger partial charge in [-0.25, -0.2) is 4.79 Å². The molecular weight excluding hydrogens is 448 g/mol. The molecule has 1 aromatic carbocycles. The van der Waals surface area contributed by atoms with Gasteiger partial charge in [-0.3, -0.25) is 0 Å². The SMILES string of the molecule is CC(C)(C)OC(=O)N1CCC(n2ccc3cc(C(F)(F)F)cc(B4OC(C)(C)C(C)(C)O4)c32)C1. The molecule has 0 N–H and O–H groups in total. The Morgan fingerprint density at radius 1 is 1.12 bits per heavy atom. The molecule has 2 aromatic rings. The molecule has 1 unspecified atom stereocenters. The van der Waals surface area contributed by atoms with Crippen LogP contribution in [0.25, 0.3) is 10.9 Å². The fourth-order valence-electron chi connectivity index (χ4n) is 4.42. The minimum absolute atomic E-state index is 0.108. The van der Waals surface area contributed by atoms with E-state index in [9.17, 15) is 18.0 Å². The summed E-state index contributed by atoms with van der Waals surface area (Å²) in [6.45, 7) is 13.8. The summed E-state index contributed by atoms with van der Waals surface area (Å²) < 4.78 is 60.9. The number of halogens is 3. The lowest BCUT2D eigenvalue weighted by molar-refractivity contribution is -0.137. The molecule has 0 spiro atoms. The second-order valence-electron chi connectivity index (χ2n) is 11.2. The summed E-state index contributed by atoms with van der Waals surface area (Å²) in [4.78, 5) is 14.2. The number of rotatable bonds is 2. The van der Waals surface area contributed by atoms with Gasteiger partial charge < -0.3 is 23.5 Å². The smallest absolute Gasteiger partial charge is 0.444 e. The van der Waals surface area contributed by atoms with Crippen molar-refractivity contribution in [1.82, 2.24) is 9.47 Å². The molecule has 0 radical (unpaired) electrons. The lowest BCUT2D eigenvalue weighted by Crippen LogP contribution is -2.41. The number of amides is 1. The maximum atomic E-state index is 13.7. The van der Waals surface area contributed by atoms with E-state index in [1.807, 2.05) is 53.0 Å². The zero-order valence-electron chi connectivity index (χ0n) is 20.7. The maximum Gasteiger partial charge on any atom is 0.497 e. The van der Waals surface area contributed by atoms with Gasteiger partial charge in [-0.15, -0.1) is 0 Å². The van der Waals surface area contributed by atoms with Crippen molar-refractivity contribution in [2.24, 2.45) is 0 Å². The first-order chi connectivity index (χ1) is 15.5. The van der Waals surface area contributed by atoms with Crippen LogP contribution >= 0.6 is 0 Å². The van der Waals surface area contributed by atoms with E-state index in [-0.39, 0.29) is 6.04 Å². The van der Waals surface area contributed by atoms with E-state index in [1.165, 1.54) is 0 Å². The molecule has 2 aliphatic rings. The number of nitrogens with zero attached hydrogens (tertiary/aromatic N) is 2. The summed E-state index contributed by atoms with van der Waals surface area (Å²) in [5, 5.41) is 0.454. The molecule has 3 heterocycles. The number of aromatic nitrogens is 1. The monoisotopic (exact) mass is 480 g/mol. The predicted molar refractivity (Wildman–Crippen MR) is 124 cm³/mol. The Morgan fingerprint density at radius 3 is 2.29 bits per heavy atom. The van der Waals surface area contributed by atoms with E-state index < -0.39 is 41.8 Å². The number of likely N-dealkylation sites (tertiary alicyclic amines) is 1. The lowest BCUT2D eigenvalue weighted by Gasteiger charge is -2.32. The van der Waals surface area contributed by atoms with Crippen LogP contribution in [0.4, 0.5) is 18.0 Å². The zero-order valence-corrected chi connectivity index (χ0v) is 20.7. The van der Waals surface area contributed by atoms with E-state index in [0.717, 1.165) is 12.1 Å². The number of fused-ring (bicyclic) bond motifs is 1. The predicted octanol–water partition coefficient (Wildman–Crippen LogP) is 5.14. The van der Waals surface area contributed by atoms with Crippen LogP contribution in [-0.4, -0.2) is 52.6 Å². The third kappa shape index (κ3) is 4.54. The Balaban J connectivity index is 1.74. The molecule has 34 heavy (non-hydrogen) atoms. The zero-order chi connectivity index (χ0) is 25.3. The van der Waals surface area contributed by atoms with Crippen LogP contribution in [0.15, 0.2) is 24.4 Å². The normalized spacial score (nSPS) is 22.6. The molecule has 1 aromatic heterocycles. The van der Waals surface area contributed by atoms with E-state index in [4.69, 9.17) is 14.0 Å². The van der Waals surface area contributed by atoms with Gasteiger partial charge in [-0.1, -0.05) is 0 Å². The Hall–Kier alpha value is -2.20. The molecular formula is C24H32BF3N2O4. The summed E-state index contributed by atoms with van der Waals surface area (Å²) in [6.07, 6.45) is -2.46. The molecule has 0 aliphatic carbocycles. The van der Waals surface area contributed by atoms with Gasteiger partial charge in [0.25, 0.3) is 0 Å². The van der Waals surface area contributed by atoms with Crippen molar-refractivity contribution in [3.8, 4) is 0 Å². The highest BCUT2D eigenvalue weighted by molar-refractivity contribution is 6.65. The van der Waals surface area contributed by atoms with Gasteiger partial charge in [0.1, 0.15) is 5.60 Å². The third-order valence-electron chi connectivity index (χ3n) is 6.88. The number of ether oxygens (including phenoxy) is 1. The van der Waals surface area contributed by atoms with Gasteiger partial charge in [-0.05, 0) is 78.5 Å². The van der Waals surface area contributed by atoms with Crippen molar-refractivity contribution in [2.45, 2.75) is 83.9 Å². The third-order valence-corrected chi connectivity index (χ3v) is 6.88. The molecule has 2 aliphatic heterocycles. The first-order valence-corrected chi connectivity index (χ1v) is 11.5. The first-order valence-electron chi connectivity index (χ1n) is 11.5. The molecule has 0 saturated carbocycles. The topological polar surface area (TPSA) is 52.9 Å². The van der Waals surface area contributed by atoms with Gasteiger partial charge in [-0.2, -0.15) is 13.2 Å². The van der Waals surface area contributed by atoms with Gasteiger partial charge in [0.15, 0.2) is 0 Å². The minimum atomic E-state index is -4.50. The summed E-state index contributed by atoms with van der Waals surface area (Å²) in [5.74, 6) is 0. The quantitative estimate of drug-likeness (QED) is 0.559. The number of carbonyl (C=O) groups is 1. The van der Waals surface area contributed by atoms with Gasteiger partial charge in [0.2, 0.25) is 0 Å². The van der Waals surface area contributed by atoms with Gasteiger partial charge >= 0.3 is 19.4 Å². The highest BCUT2D eigenvalue weighted by Gasteiger charge is 2.53. The van der Waals surface area contributed by atoms with E-state index in [0.29, 0.717) is 35.9 Å². The van der Waals surface area contributed by atoms with E-state index in [1.54, 1.807) is 17.2 Å². The van der Waals surface area contributed by atoms with Crippen LogP contribution in [0.5, 0.6) is 0 Å². The number of carbonyl (C=O) groups excluding carboxylic acids is 1. The highest BCUT2D eigenvalue weighted by Crippen LogP contribution is 2.39. The highest BCUT2D eigenvalue weighted by atomic mass is 19.4. The van der Waals surface area contributed by atoms with E-state index in [2.05, 4.69) is 0 Å². The fourth-order valence-corrected chi connectivity index (χ4v) is 4.42. The molecule has 2 saturated heterocycles. The largest absolute Gasteiger partial charge is 0.497 e. The molecule has 0 bridgehead atoms. The molecule has 2 fully saturated rings. The van der Waals surface area contributed by atoms with Crippen LogP contribution in [0.3, 0.4) is 0 Å². The molecule has 186 valence electrons. The Kier molecular flexibility index (Phi) is 5.80. The molecule has 1 amide bonds. The van der Waals surface area contributed by atoms with Crippen molar-refractivity contribution in [2.75, 3.05) is 13.1 Å². The molecule has 4 rings (SSSR count). The Labute approximate surface area is 198 Å². The first kappa shape index (κ1) is 24.9. The molecule has 6 nitrogen and oxygen atoms in total. The number of alkyl halides is 3. The van der Waals surface area contributed by atoms with Crippen LogP contribution in [0.1, 0.15) is 66.5 Å². The second kappa shape index (κ2) is 7.91. The van der Waals surface area contributed by atoms with Crippen LogP contribution in [0.2, 0.25) is 0 Å². The van der Waals surface area contributed by atoms with Crippen molar-refractivity contribution < 1.29 is 32.0 Å². The summed E-state index contributed by atoms with van der Waals surface area (Å²) in [7, 11) is -0.952. The van der Waals surface area contributed by atoms with Gasteiger partial charge in [0, 0.05) is 30.3 Å². The van der Waals surface area contributed by atoms with Crippen molar-refractivity contribution >= 4 is 29.6 Å². The van der Waals surface area contributed by atoms with Crippen LogP contribution in [0, 0.1) is 0 Å². The maximum absolute atomic E-state index is 13.7. The lowest BCUT2D eigenvalue weighted by atomic mass is 9.76. The Morgan fingerprint density at radius 2 is 1.74 bits per heavy atom. The summed E-state index contributed by atoms with van der Waals surface area (Å²) in [5.41, 5.74) is -1.78. The summed E-state index contributed by atoms with van der Waals surface area (Å²) in [6, 6.07) is 3.85. The molecule has 1 atom stereocenters. The van der Waals surface area contributed by atoms with Gasteiger partial charge in [0.05, 0.1) is 22.8 Å². The summed E-state index contributed by atoms with van der Waals surface area (Å²) >= 11 is 0. The number of benzene rings is 1. The fraction of sp³-hybridized carbons (Fsp3) is 0.625. The average molecular weight is 480 g/mol. The molecule has 10 heteroatoms. The Bertz CT molecular complexity index is 1090. The van der Waals surface area contributed by atoms with Crippen molar-refractivity contribution in [3.05, 3.63) is 30.0 Å².